The number of benzene rings is 1. The molecule has 1 unspecified atom stereocenters. The van der Waals surface area contributed by atoms with Crippen molar-refractivity contribution in [1.29, 1.82) is 0 Å². The maximum Gasteiger partial charge on any atom is 0.144 e. The first-order valence-electron chi connectivity index (χ1n) is 7.56. The van der Waals surface area contributed by atoms with Gasteiger partial charge in [-0.2, -0.15) is 0 Å². The molecule has 0 spiro atoms. The third-order valence-electron chi connectivity index (χ3n) is 3.67. The van der Waals surface area contributed by atoms with Crippen LogP contribution < -0.4 is 15.4 Å². The van der Waals surface area contributed by atoms with Gasteiger partial charge in [-0.25, -0.2) is 0 Å². The Balaban J connectivity index is 2.02. The third-order valence-corrected chi connectivity index (χ3v) is 3.67. The highest BCUT2D eigenvalue weighted by atomic mass is 16.5. The molecule has 1 aromatic carbocycles. The zero-order valence-electron chi connectivity index (χ0n) is 12.6. The molecule has 20 heavy (non-hydrogen) atoms. The summed E-state index contributed by atoms with van der Waals surface area (Å²) < 4.78 is 11.5. The van der Waals surface area contributed by atoms with Gasteiger partial charge >= 0.3 is 0 Å². The van der Waals surface area contributed by atoms with E-state index >= 15 is 0 Å². The van der Waals surface area contributed by atoms with Crippen LogP contribution in [0.4, 0.5) is 11.4 Å². The van der Waals surface area contributed by atoms with Crippen molar-refractivity contribution in [1.82, 2.24) is 0 Å². The van der Waals surface area contributed by atoms with Crippen LogP contribution in [-0.2, 0) is 4.74 Å². The molecule has 0 bridgehead atoms. The molecule has 0 aliphatic carbocycles. The van der Waals surface area contributed by atoms with Gasteiger partial charge in [0.1, 0.15) is 5.75 Å². The number of hydrogen-bond donors (Lipinski definition) is 1. The van der Waals surface area contributed by atoms with Crippen LogP contribution >= 0.6 is 0 Å². The predicted octanol–water partition coefficient (Wildman–Crippen LogP) is 3.06. The molecule has 1 saturated heterocycles. The first-order chi connectivity index (χ1) is 9.72. The fraction of sp³-hybridized carbons (Fsp3) is 0.625. The molecule has 1 fully saturated rings. The van der Waals surface area contributed by atoms with Gasteiger partial charge in [0.05, 0.1) is 24.1 Å². The van der Waals surface area contributed by atoms with E-state index in [1.807, 2.05) is 18.2 Å². The van der Waals surface area contributed by atoms with Crippen LogP contribution in [0.15, 0.2) is 18.2 Å². The maximum atomic E-state index is 6.22. The average molecular weight is 278 g/mol. The van der Waals surface area contributed by atoms with Crippen molar-refractivity contribution in [3.63, 3.8) is 0 Å². The maximum absolute atomic E-state index is 6.22. The topological polar surface area (TPSA) is 47.7 Å². The molecule has 1 aliphatic rings. The van der Waals surface area contributed by atoms with Crippen molar-refractivity contribution >= 4 is 11.4 Å². The van der Waals surface area contributed by atoms with E-state index in [4.69, 9.17) is 15.2 Å². The van der Waals surface area contributed by atoms with Crippen LogP contribution in [0.1, 0.15) is 32.6 Å². The molecule has 4 heteroatoms. The van der Waals surface area contributed by atoms with Crippen LogP contribution in [0.2, 0.25) is 0 Å². The Morgan fingerprint density at radius 1 is 1.40 bits per heavy atom. The van der Waals surface area contributed by atoms with E-state index in [0.29, 0.717) is 12.7 Å². The lowest BCUT2D eigenvalue weighted by molar-refractivity contribution is 0.0216. The van der Waals surface area contributed by atoms with E-state index in [1.54, 1.807) is 0 Å². The molecule has 1 aromatic rings. The van der Waals surface area contributed by atoms with Gasteiger partial charge in [0.2, 0.25) is 0 Å². The molecule has 112 valence electrons. The standard InChI is InChI=1S/C16H26N2O2/c1-3-10-20-15-9-6-8-14(16(15)17)18(2)12-13-7-4-5-11-19-13/h6,8-9,13H,3-5,7,10-12,17H2,1-2H3. The first kappa shape index (κ1) is 15.0. The van der Waals surface area contributed by atoms with E-state index in [0.717, 1.165) is 43.1 Å². The Labute approximate surface area is 121 Å². The van der Waals surface area contributed by atoms with Gasteiger partial charge in [-0.3, -0.25) is 0 Å². The van der Waals surface area contributed by atoms with Gasteiger partial charge in [0.25, 0.3) is 0 Å². The molecule has 0 radical (unpaired) electrons. The fourth-order valence-corrected chi connectivity index (χ4v) is 2.56. The molecule has 0 saturated carbocycles. The number of likely N-dealkylation sites (N-methyl/N-ethyl adjacent to an activating group) is 1. The Hall–Kier alpha value is -1.42. The second kappa shape index (κ2) is 7.39. The van der Waals surface area contributed by atoms with Gasteiger partial charge in [0, 0.05) is 20.2 Å². The molecule has 0 amide bonds. The van der Waals surface area contributed by atoms with E-state index in [-0.39, 0.29) is 0 Å². The number of nitrogens with two attached hydrogens (primary N) is 1. The van der Waals surface area contributed by atoms with Crippen molar-refractivity contribution in [2.75, 3.05) is 37.4 Å². The van der Waals surface area contributed by atoms with Crippen LogP contribution in [0, 0.1) is 0 Å². The van der Waals surface area contributed by atoms with Crippen molar-refractivity contribution in [3.05, 3.63) is 18.2 Å². The summed E-state index contributed by atoms with van der Waals surface area (Å²) >= 11 is 0. The van der Waals surface area contributed by atoms with E-state index in [2.05, 4.69) is 18.9 Å². The molecule has 2 N–H and O–H groups in total. The number of nitrogens with zero attached hydrogens (tertiary/aromatic N) is 1. The minimum Gasteiger partial charge on any atom is -0.491 e. The summed E-state index contributed by atoms with van der Waals surface area (Å²) in [6.07, 6.45) is 4.87. The lowest BCUT2D eigenvalue weighted by Crippen LogP contribution is -2.33. The summed E-state index contributed by atoms with van der Waals surface area (Å²) in [4.78, 5) is 2.17. The highest BCUT2D eigenvalue weighted by molar-refractivity contribution is 5.73. The van der Waals surface area contributed by atoms with Crippen molar-refractivity contribution < 1.29 is 9.47 Å². The predicted molar refractivity (Wildman–Crippen MR) is 83.5 cm³/mol. The number of anilines is 2. The molecule has 1 atom stereocenters. The summed E-state index contributed by atoms with van der Waals surface area (Å²) in [6, 6.07) is 5.96. The second-order valence-electron chi connectivity index (χ2n) is 5.41. The summed E-state index contributed by atoms with van der Waals surface area (Å²) in [7, 11) is 2.06. The summed E-state index contributed by atoms with van der Waals surface area (Å²) in [5.74, 6) is 0.778. The fourth-order valence-electron chi connectivity index (χ4n) is 2.56. The number of nitrogen functional groups attached to an aromatic ring is 1. The van der Waals surface area contributed by atoms with Gasteiger partial charge in [0.15, 0.2) is 0 Å². The SMILES string of the molecule is CCCOc1cccc(N(C)CC2CCCCO2)c1N. The number of rotatable bonds is 6. The highest BCUT2D eigenvalue weighted by Gasteiger charge is 2.18. The van der Waals surface area contributed by atoms with Crippen molar-refractivity contribution in [2.24, 2.45) is 0 Å². The minimum absolute atomic E-state index is 0.313. The lowest BCUT2D eigenvalue weighted by atomic mass is 10.1. The largest absolute Gasteiger partial charge is 0.491 e. The Bertz CT molecular complexity index is 417. The van der Waals surface area contributed by atoms with E-state index in [1.165, 1.54) is 12.8 Å². The number of hydrogen-bond acceptors (Lipinski definition) is 4. The van der Waals surface area contributed by atoms with Gasteiger partial charge in [-0.05, 0) is 37.8 Å². The second-order valence-corrected chi connectivity index (χ2v) is 5.41. The third kappa shape index (κ3) is 3.79. The first-order valence-corrected chi connectivity index (χ1v) is 7.56. The minimum atomic E-state index is 0.313. The zero-order valence-corrected chi connectivity index (χ0v) is 12.6. The normalized spacial score (nSPS) is 18.8. The summed E-state index contributed by atoms with van der Waals surface area (Å²) in [5.41, 5.74) is 7.97. The molecule has 4 nitrogen and oxygen atoms in total. The van der Waals surface area contributed by atoms with Crippen LogP contribution in [0.3, 0.4) is 0 Å². The van der Waals surface area contributed by atoms with Crippen molar-refractivity contribution in [2.45, 2.75) is 38.7 Å². The van der Waals surface area contributed by atoms with Crippen molar-refractivity contribution in [3.8, 4) is 5.75 Å². The van der Waals surface area contributed by atoms with Gasteiger partial charge in [-0.15, -0.1) is 0 Å². The Morgan fingerprint density at radius 2 is 2.25 bits per heavy atom. The molecule has 1 aliphatic heterocycles. The van der Waals surface area contributed by atoms with Gasteiger partial charge in [-0.1, -0.05) is 13.0 Å². The lowest BCUT2D eigenvalue weighted by Gasteiger charge is -2.29. The smallest absolute Gasteiger partial charge is 0.144 e. The van der Waals surface area contributed by atoms with E-state index < -0.39 is 0 Å². The Kier molecular flexibility index (Phi) is 5.53. The average Bonchev–Trinajstić information content (AvgIpc) is 2.47. The number of ether oxygens (including phenoxy) is 2. The molecular formula is C16H26N2O2. The van der Waals surface area contributed by atoms with E-state index in [9.17, 15) is 0 Å². The highest BCUT2D eigenvalue weighted by Crippen LogP contribution is 2.32. The molecular weight excluding hydrogens is 252 g/mol. The number of para-hydroxylation sites is 1. The van der Waals surface area contributed by atoms with Crippen LogP contribution in [0.5, 0.6) is 5.75 Å². The molecule has 1 heterocycles. The Morgan fingerprint density at radius 3 is 2.95 bits per heavy atom. The molecule has 0 aromatic heterocycles. The quantitative estimate of drug-likeness (QED) is 0.812. The molecule has 2 rings (SSSR count). The monoisotopic (exact) mass is 278 g/mol. The summed E-state index contributed by atoms with van der Waals surface area (Å²) in [5, 5.41) is 0. The summed E-state index contributed by atoms with van der Waals surface area (Å²) in [6.45, 7) is 4.55. The van der Waals surface area contributed by atoms with Gasteiger partial charge < -0.3 is 20.1 Å². The zero-order chi connectivity index (χ0) is 14.4. The van der Waals surface area contributed by atoms with Crippen LogP contribution in [-0.4, -0.2) is 32.9 Å². The van der Waals surface area contributed by atoms with Crippen LogP contribution in [0.25, 0.3) is 0 Å².